The number of aromatic hydroxyl groups is 1. The van der Waals surface area contributed by atoms with Crippen LogP contribution in [0.4, 0.5) is 5.69 Å². The number of rotatable bonds is 3. The number of methoxy groups -OCH3 is 2. The summed E-state index contributed by atoms with van der Waals surface area (Å²) in [5, 5.41) is 11.3. The summed E-state index contributed by atoms with van der Waals surface area (Å²) in [5.74, 6) is 0.741. The number of anilines is 1. The zero-order valence-corrected chi connectivity index (χ0v) is 16.6. The van der Waals surface area contributed by atoms with E-state index in [-0.39, 0.29) is 11.3 Å². The van der Waals surface area contributed by atoms with Crippen molar-refractivity contribution in [1.29, 1.82) is 0 Å². The Balaban J connectivity index is 1.69. The van der Waals surface area contributed by atoms with Gasteiger partial charge >= 0.3 is 0 Å². The molecule has 3 aromatic rings. The maximum atomic E-state index is 13.4. The first kappa shape index (κ1) is 18.4. The molecule has 0 aliphatic carbocycles. The quantitative estimate of drug-likeness (QED) is 0.715. The summed E-state index contributed by atoms with van der Waals surface area (Å²) in [6, 6.07) is 8.73. The molecule has 2 aliphatic rings. The number of fused-ring (bicyclic) bond motifs is 1. The molecule has 30 heavy (non-hydrogen) atoms. The lowest BCUT2D eigenvalue weighted by Gasteiger charge is -2.24. The summed E-state index contributed by atoms with van der Waals surface area (Å²) in [4.78, 5) is 28.2. The zero-order valence-electron chi connectivity index (χ0n) is 16.6. The summed E-state index contributed by atoms with van der Waals surface area (Å²) in [7, 11) is 3.09. The van der Waals surface area contributed by atoms with Gasteiger partial charge in [0.05, 0.1) is 26.3 Å². The minimum absolute atomic E-state index is 0.243. The highest BCUT2D eigenvalue weighted by atomic mass is 16.5. The number of hydrogen-bond donors (Lipinski definition) is 1. The van der Waals surface area contributed by atoms with Crippen molar-refractivity contribution in [2.75, 3.05) is 32.3 Å². The fraction of sp³-hybridized carbons (Fsp3) is 0.273. The van der Waals surface area contributed by atoms with Gasteiger partial charge in [-0.3, -0.25) is 9.59 Å². The van der Waals surface area contributed by atoms with Gasteiger partial charge in [0.1, 0.15) is 35.2 Å². The molecule has 1 aromatic heterocycles. The van der Waals surface area contributed by atoms with E-state index in [1.165, 1.54) is 16.6 Å². The number of amides is 1. The van der Waals surface area contributed by atoms with Crippen molar-refractivity contribution in [2.45, 2.75) is 13.0 Å². The number of pyridine rings is 1. The molecule has 0 bridgehead atoms. The highest BCUT2D eigenvalue weighted by Crippen LogP contribution is 2.39. The van der Waals surface area contributed by atoms with Gasteiger partial charge in [-0.2, -0.15) is 0 Å². The van der Waals surface area contributed by atoms with Crippen LogP contribution in [0.25, 0.3) is 10.9 Å². The predicted molar refractivity (Wildman–Crippen MR) is 110 cm³/mol. The first-order valence-corrected chi connectivity index (χ1v) is 9.62. The Morgan fingerprint density at radius 1 is 1.10 bits per heavy atom. The van der Waals surface area contributed by atoms with Crippen molar-refractivity contribution in [3.05, 3.63) is 51.8 Å². The highest BCUT2D eigenvalue weighted by molar-refractivity contribution is 6.12. The van der Waals surface area contributed by atoms with Crippen LogP contribution >= 0.6 is 0 Å². The minimum atomic E-state index is -0.526. The second-order valence-electron chi connectivity index (χ2n) is 7.25. The third kappa shape index (κ3) is 2.53. The van der Waals surface area contributed by atoms with E-state index in [0.717, 1.165) is 5.56 Å². The highest BCUT2D eigenvalue weighted by Gasteiger charge is 2.32. The number of nitrogens with zero attached hydrogens (tertiary/aromatic N) is 2. The Hall–Kier alpha value is -3.68. The van der Waals surface area contributed by atoms with Crippen LogP contribution in [0.5, 0.6) is 23.0 Å². The molecule has 0 fully saturated rings. The molecule has 0 unspecified atom stereocenters. The van der Waals surface area contributed by atoms with E-state index in [1.807, 2.05) is 6.07 Å². The Morgan fingerprint density at radius 2 is 1.90 bits per heavy atom. The average Bonchev–Trinajstić information content (AvgIpc) is 3.20. The van der Waals surface area contributed by atoms with Gasteiger partial charge < -0.3 is 28.8 Å². The number of aromatic nitrogens is 1. The predicted octanol–water partition coefficient (Wildman–Crippen LogP) is 2.32. The van der Waals surface area contributed by atoms with Crippen molar-refractivity contribution in [3.63, 3.8) is 0 Å². The van der Waals surface area contributed by atoms with E-state index in [9.17, 15) is 14.7 Å². The molecule has 0 saturated carbocycles. The van der Waals surface area contributed by atoms with Crippen molar-refractivity contribution in [3.8, 4) is 23.0 Å². The van der Waals surface area contributed by atoms with Gasteiger partial charge in [0.25, 0.3) is 11.5 Å². The molecule has 1 amide bonds. The molecule has 0 radical (unpaired) electrons. The number of carbonyl (C=O) groups is 1. The molecule has 0 atom stereocenters. The van der Waals surface area contributed by atoms with E-state index in [1.54, 1.807) is 31.4 Å². The summed E-state index contributed by atoms with van der Waals surface area (Å²) < 4.78 is 17.7. The molecule has 2 aliphatic heterocycles. The lowest BCUT2D eigenvalue weighted by atomic mass is 10.1. The summed E-state index contributed by atoms with van der Waals surface area (Å²) >= 11 is 0. The Labute approximate surface area is 171 Å². The lowest BCUT2D eigenvalue weighted by Crippen LogP contribution is -2.37. The number of hydrogen-bond acceptors (Lipinski definition) is 6. The van der Waals surface area contributed by atoms with Crippen LogP contribution in [0, 0.1) is 0 Å². The van der Waals surface area contributed by atoms with Gasteiger partial charge in [0, 0.05) is 23.7 Å². The third-order valence-electron chi connectivity index (χ3n) is 5.72. The van der Waals surface area contributed by atoms with Crippen LogP contribution in [0.15, 0.2) is 35.1 Å². The fourth-order valence-electron chi connectivity index (χ4n) is 4.25. The minimum Gasteiger partial charge on any atom is -0.506 e. The van der Waals surface area contributed by atoms with Gasteiger partial charge in [-0.1, -0.05) is 0 Å². The normalized spacial score (nSPS) is 14.4. The molecule has 1 N–H and O–H groups in total. The van der Waals surface area contributed by atoms with Gasteiger partial charge in [-0.15, -0.1) is 0 Å². The second kappa shape index (κ2) is 6.69. The topological polar surface area (TPSA) is 90.2 Å². The molecule has 2 aromatic carbocycles. The largest absolute Gasteiger partial charge is 0.506 e. The van der Waals surface area contributed by atoms with Crippen LogP contribution in [0.3, 0.4) is 0 Å². The SMILES string of the molecule is COc1ccc2c(c1)CCN2C(=O)c1c(O)c2cc(OC)cc3c2n(c1=O)CCO3. The van der Waals surface area contributed by atoms with E-state index >= 15 is 0 Å². The molecule has 8 heteroatoms. The molecule has 154 valence electrons. The Bertz CT molecular complexity index is 1260. The first-order valence-electron chi connectivity index (χ1n) is 9.62. The lowest BCUT2D eigenvalue weighted by molar-refractivity contribution is 0.0984. The van der Waals surface area contributed by atoms with Gasteiger partial charge in [0.2, 0.25) is 0 Å². The Kier molecular flexibility index (Phi) is 4.09. The number of ether oxygens (including phenoxy) is 3. The van der Waals surface area contributed by atoms with E-state index in [0.29, 0.717) is 60.0 Å². The maximum Gasteiger partial charge on any atom is 0.267 e. The smallest absolute Gasteiger partial charge is 0.267 e. The van der Waals surface area contributed by atoms with Crippen LogP contribution < -0.4 is 24.7 Å². The Morgan fingerprint density at radius 3 is 2.67 bits per heavy atom. The second-order valence-corrected chi connectivity index (χ2v) is 7.25. The third-order valence-corrected chi connectivity index (χ3v) is 5.72. The molecule has 0 saturated heterocycles. The van der Waals surface area contributed by atoms with Crippen molar-refractivity contribution in [2.24, 2.45) is 0 Å². The molecule has 8 nitrogen and oxygen atoms in total. The fourth-order valence-corrected chi connectivity index (χ4v) is 4.25. The van der Waals surface area contributed by atoms with Gasteiger partial charge in [0.15, 0.2) is 0 Å². The van der Waals surface area contributed by atoms with E-state index in [4.69, 9.17) is 14.2 Å². The number of benzene rings is 2. The standard InChI is InChI=1S/C22H20N2O6/c1-28-13-3-4-16-12(9-13)5-6-23(16)21(26)18-20(25)15-10-14(29-2)11-17-19(15)24(22(18)27)7-8-30-17/h3-4,9-11,25H,5-8H2,1-2H3. The summed E-state index contributed by atoms with van der Waals surface area (Å²) in [5.41, 5.74) is 1.37. The average molecular weight is 408 g/mol. The zero-order chi connectivity index (χ0) is 21.0. The summed E-state index contributed by atoms with van der Waals surface area (Å²) in [6.45, 7) is 1.01. The molecule has 5 rings (SSSR count). The van der Waals surface area contributed by atoms with E-state index < -0.39 is 11.5 Å². The van der Waals surface area contributed by atoms with E-state index in [2.05, 4.69) is 0 Å². The maximum absolute atomic E-state index is 13.4. The van der Waals surface area contributed by atoms with Gasteiger partial charge in [-0.05, 0) is 36.2 Å². The van der Waals surface area contributed by atoms with Crippen LogP contribution in [-0.4, -0.2) is 43.0 Å². The van der Waals surface area contributed by atoms with Crippen LogP contribution in [0.2, 0.25) is 0 Å². The molecule has 0 spiro atoms. The van der Waals surface area contributed by atoms with Crippen LogP contribution in [-0.2, 0) is 13.0 Å². The van der Waals surface area contributed by atoms with Crippen molar-refractivity contribution < 1.29 is 24.1 Å². The molecular weight excluding hydrogens is 388 g/mol. The van der Waals surface area contributed by atoms with Crippen molar-refractivity contribution in [1.82, 2.24) is 4.57 Å². The van der Waals surface area contributed by atoms with Crippen LogP contribution in [0.1, 0.15) is 15.9 Å². The summed E-state index contributed by atoms with van der Waals surface area (Å²) in [6.07, 6.45) is 0.645. The van der Waals surface area contributed by atoms with Gasteiger partial charge in [-0.25, -0.2) is 0 Å². The first-order chi connectivity index (χ1) is 14.5. The monoisotopic (exact) mass is 408 g/mol. The van der Waals surface area contributed by atoms with Crippen molar-refractivity contribution >= 4 is 22.5 Å². The molecule has 3 heterocycles. The molecular formula is C22H20N2O6. The number of carbonyl (C=O) groups excluding carboxylic acids is 1.